The molecule has 1 unspecified atom stereocenters. The third-order valence-corrected chi connectivity index (χ3v) is 4.59. The maximum Gasteiger partial charge on any atom is 0.227 e. The molecule has 0 aliphatic carbocycles. The summed E-state index contributed by atoms with van der Waals surface area (Å²) in [7, 11) is 3.23. The summed E-state index contributed by atoms with van der Waals surface area (Å²) in [6.07, 6.45) is 2.21. The number of methoxy groups -OCH3 is 2. The van der Waals surface area contributed by atoms with Crippen LogP contribution in [0.4, 0.5) is 0 Å². The fraction of sp³-hybridized carbons (Fsp3) is 0.611. The van der Waals surface area contributed by atoms with E-state index in [-0.39, 0.29) is 24.4 Å². The Bertz CT molecular complexity index is 511. The van der Waals surface area contributed by atoms with Crippen LogP contribution in [0.1, 0.15) is 39.2 Å². The van der Waals surface area contributed by atoms with Gasteiger partial charge >= 0.3 is 0 Å². The molecule has 0 aliphatic heterocycles. The Kier molecular flexibility index (Phi) is 9.78. The molecule has 6 heteroatoms. The Hall–Kier alpha value is -1.46. The first-order valence-electron chi connectivity index (χ1n) is 8.18. The average molecular weight is 359 g/mol. The normalized spacial score (nSPS) is 12.1. The van der Waals surface area contributed by atoms with Gasteiger partial charge in [-0.15, -0.1) is 12.4 Å². The van der Waals surface area contributed by atoms with Crippen molar-refractivity contribution in [1.29, 1.82) is 0 Å². The number of amides is 1. The van der Waals surface area contributed by atoms with Gasteiger partial charge in [-0.2, -0.15) is 0 Å². The number of carbonyl (C=O) groups excluding carboxylic acids is 1. The van der Waals surface area contributed by atoms with Crippen molar-refractivity contribution < 1.29 is 14.3 Å². The molecule has 0 saturated carbocycles. The molecule has 0 aromatic heterocycles. The Balaban J connectivity index is 0.00000529. The molecular weight excluding hydrogens is 328 g/mol. The van der Waals surface area contributed by atoms with Crippen LogP contribution in [0, 0.1) is 5.41 Å². The van der Waals surface area contributed by atoms with Crippen molar-refractivity contribution in [3.63, 3.8) is 0 Å². The van der Waals surface area contributed by atoms with Crippen LogP contribution in [0.15, 0.2) is 18.2 Å². The fourth-order valence-electron chi connectivity index (χ4n) is 2.74. The SMILES string of the molecule is CCC(CC)(CN)C(=O)NC(C)Cc1ccc(OC)c(OC)c1.Cl. The number of rotatable bonds is 9. The molecule has 0 spiro atoms. The van der Waals surface area contributed by atoms with E-state index in [0.717, 1.165) is 24.8 Å². The lowest BCUT2D eigenvalue weighted by Crippen LogP contribution is -2.48. The van der Waals surface area contributed by atoms with E-state index >= 15 is 0 Å². The van der Waals surface area contributed by atoms with Gasteiger partial charge in [0.25, 0.3) is 0 Å². The van der Waals surface area contributed by atoms with Gasteiger partial charge < -0.3 is 20.5 Å². The van der Waals surface area contributed by atoms with Crippen molar-refractivity contribution in [2.45, 2.75) is 46.1 Å². The van der Waals surface area contributed by atoms with Gasteiger partial charge in [0.2, 0.25) is 5.91 Å². The summed E-state index contributed by atoms with van der Waals surface area (Å²) >= 11 is 0. The quantitative estimate of drug-likeness (QED) is 0.711. The number of benzene rings is 1. The molecule has 1 aromatic rings. The van der Waals surface area contributed by atoms with E-state index in [1.165, 1.54) is 0 Å². The number of nitrogens with one attached hydrogen (secondary N) is 1. The molecule has 0 radical (unpaired) electrons. The summed E-state index contributed by atoms with van der Waals surface area (Å²) < 4.78 is 10.6. The second kappa shape index (κ2) is 10.4. The highest BCUT2D eigenvalue weighted by Gasteiger charge is 2.33. The minimum absolute atomic E-state index is 0. The minimum atomic E-state index is -0.466. The number of nitrogens with two attached hydrogens (primary N) is 1. The molecule has 3 N–H and O–H groups in total. The van der Waals surface area contributed by atoms with Gasteiger partial charge in [-0.3, -0.25) is 4.79 Å². The monoisotopic (exact) mass is 358 g/mol. The standard InChI is InChI=1S/C18H30N2O3.ClH/c1-6-18(7-2,12-19)17(21)20-13(3)10-14-8-9-15(22-4)16(11-14)23-5;/h8-9,11,13H,6-7,10,12,19H2,1-5H3,(H,20,21);1H. The third-order valence-electron chi connectivity index (χ3n) is 4.59. The molecule has 0 aliphatic rings. The van der Waals surface area contributed by atoms with E-state index < -0.39 is 5.41 Å². The lowest BCUT2D eigenvalue weighted by atomic mass is 9.81. The summed E-state index contributed by atoms with van der Waals surface area (Å²) in [4.78, 5) is 12.5. The predicted octanol–water partition coefficient (Wildman–Crippen LogP) is 2.94. The second-order valence-corrected chi connectivity index (χ2v) is 5.96. The highest BCUT2D eigenvalue weighted by molar-refractivity contribution is 5.85. The van der Waals surface area contributed by atoms with Crippen molar-refractivity contribution in [2.75, 3.05) is 20.8 Å². The third kappa shape index (κ3) is 5.28. The number of carbonyl (C=O) groups is 1. The molecule has 0 heterocycles. The first-order chi connectivity index (χ1) is 11.0. The Morgan fingerprint density at radius 1 is 1.21 bits per heavy atom. The first-order valence-corrected chi connectivity index (χ1v) is 8.18. The Morgan fingerprint density at radius 3 is 2.25 bits per heavy atom. The largest absolute Gasteiger partial charge is 0.493 e. The van der Waals surface area contributed by atoms with Gasteiger partial charge in [0.05, 0.1) is 19.6 Å². The highest BCUT2D eigenvalue weighted by Crippen LogP contribution is 2.28. The number of halogens is 1. The van der Waals surface area contributed by atoms with Crippen LogP contribution < -0.4 is 20.5 Å². The van der Waals surface area contributed by atoms with Crippen LogP contribution in [0.3, 0.4) is 0 Å². The molecule has 1 atom stereocenters. The van der Waals surface area contributed by atoms with Crippen LogP contribution in [-0.2, 0) is 11.2 Å². The van der Waals surface area contributed by atoms with Crippen LogP contribution in [0.5, 0.6) is 11.5 Å². The smallest absolute Gasteiger partial charge is 0.227 e. The van der Waals surface area contributed by atoms with E-state index in [2.05, 4.69) is 5.32 Å². The van der Waals surface area contributed by atoms with Gasteiger partial charge in [-0.05, 0) is 43.9 Å². The average Bonchev–Trinajstić information content (AvgIpc) is 2.56. The molecule has 1 rings (SSSR count). The molecular formula is C18H31ClN2O3. The second-order valence-electron chi connectivity index (χ2n) is 5.96. The summed E-state index contributed by atoms with van der Waals surface area (Å²) in [5.74, 6) is 1.44. The zero-order valence-electron chi connectivity index (χ0n) is 15.3. The van der Waals surface area contributed by atoms with Crippen LogP contribution in [0.2, 0.25) is 0 Å². The highest BCUT2D eigenvalue weighted by atomic mass is 35.5. The van der Waals surface area contributed by atoms with E-state index in [1.54, 1.807) is 14.2 Å². The Labute approximate surface area is 151 Å². The maximum atomic E-state index is 12.5. The van der Waals surface area contributed by atoms with Crippen LogP contribution >= 0.6 is 12.4 Å². The first kappa shape index (κ1) is 22.5. The number of hydrogen-bond donors (Lipinski definition) is 2. The molecule has 0 fully saturated rings. The zero-order chi connectivity index (χ0) is 17.5. The van der Waals surface area contributed by atoms with E-state index in [4.69, 9.17) is 15.2 Å². The molecule has 138 valence electrons. The van der Waals surface area contributed by atoms with E-state index in [1.807, 2.05) is 39.0 Å². The van der Waals surface area contributed by atoms with Gasteiger partial charge in [-0.25, -0.2) is 0 Å². The summed E-state index contributed by atoms with van der Waals surface area (Å²) in [6, 6.07) is 5.83. The molecule has 5 nitrogen and oxygen atoms in total. The van der Waals surface area contributed by atoms with Crippen molar-refractivity contribution >= 4 is 18.3 Å². The summed E-state index contributed by atoms with van der Waals surface area (Å²) in [5.41, 5.74) is 6.46. The predicted molar refractivity (Wildman–Crippen MR) is 100 cm³/mol. The molecule has 0 bridgehead atoms. The molecule has 0 saturated heterocycles. The number of hydrogen-bond acceptors (Lipinski definition) is 4. The van der Waals surface area contributed by atoms with E-state index in [9.17, 15) is 4.79 Å². The van der Waals surface area contributed by atoms with E-state index in [0.29, 0.717) is 18.0 Å². The number of ether oxygens (including phenoxy) is 2. The van der Waals surface area contributed by atoms with Gasteiger partial charge in [-0.1, -0.05) is 19.9 Å². The van der Waals surface area contributed by atoms with Crippen molar-refractivity contribution in [1.82, 2.24) is 5.32 Å². The van der Waals surface area contributed by atoms with Gasteiger partial charge in [0.15, 0.2) is 11.5 Å². The lowest BCUT2D eigenvalue weighted by molar-refractivity contribution is -0.131. The lowest BCUT2D eigenvalue weighted by Gasteiger charge is -2.30. The van der Waals surface area contributed by atoms with Gasteiger partial charge in [0, 0.05) is 12.6 Å². The van der Waals surface area contributed by atoms with Crippen molar-refractivity contribution in [3.05, 3.63) is 23.8 Å². The topological polar surface area (TPSA) is 73.6 Å². The molecule has 24 heavy (non-hydrogen) atoms. The minimum Gasteiger partial charge on any atom is -0.493 e. The van der Waals surface area contributed by atoms with Crippen molar-refractivity contribution in [2.24, 2.45) is 11.1 Å². The Morgan fingerprint density at radius 2 is 1.79 bits per heavy atom. The van der Waals surface area contributed by atoms with Gasteiger partial charge in [0.1, 0.15) is 0 Å². The van der Waals surface area contributed by atoms with Crippen LogP contribution in [0.25, 0.3) is 0 Å². The molecule has 1 aromatic carbocycles. The maximum absolute atomic E-state index is 12.5. The molecule has 1 amide bonds. The van der Waals surface area contributed by atoms with Crippen molar-refractivity contribution in [3.8, 4) is 11.5 Å². The zero-order valence-corrected chi connectivity index (χ0v) is 16.2. The summed E-state index contributed by atoms with van der Waals surface area (Å²) in [6.45, 7) is 6.39. The summed E-state index contributed by atoms with van der Waals surface area (Å²) in [5, 5.41) is 3.10. The fourth-order valence-corrected chi connectivity index (χ4v) is 2.74. The van der Waals surface area contributed by atoms with Crippen LogP contribution in [-0.4, -0.2) is 32.7 Å².